The van der Waals surface area contributed by atoms with Crippen molar-refractivity contribution in [1.29, 1.82) is 0 Å². The summed E-state index contributed by atoms with van der Waals surface area (Å²) in [7, 11) is 0. The first-order chi connectivity index (χ1) is 22.3. The lowest BCUT2D eigenvalue weighted by Crippen LogP contribution is -1.94. The van der Waals surface area contributed by atoms with E-state index in [2.05, 4.69) is 108 Å². The Labute approximate surface area is 261 Å². The summed E-state index contributed by atoms with van der Waals surface area (Å²) in [4.78, 5) is 10.4. The number of nitrogens with zero attached hydrogens (tertiary/aromatic N) is 3. The SMILES string of the molecule is c1ccc(-c2nc(-c3ccccc3)c3sc4c(-n5c6ccccc6c6c7oc8ccccc8c7ccc65)cccc4c3n2)cc1. The first kappa shape index (κ1) is 24.6. The number of benzene rings is 6. The van der Waals surface area contributed by atoms with Crippen molar-refractivity contribution in [3.05, 3.63) is 140 Å². The molecule has 0 N–H and O–H groups in total. The molecule has 0 fully saturated rings. The van der Waals surface area contributed by atoms with Gasteiger partial charge in [0.15, 0.2) is 5.82 Å². The van der Waals surface area contributed by atoms with Gasteiger partial charge in [-0.2, -0.15) is 0 Å². The zero-order valence-corrected chi connectivity index (χ0v) is 24.8. The Morgan fingerprint density at radius 1 is 0.511 bits per heavy atom. The van der Waals surface area contributed by atoms with Crippen LogP contribution in [0.4, 0.5) is 0 Å². The van der Waals surface area contributed by atoms with E-state index in [9.17, 15) is 0 Å². The molecule has 0 amide bonds. The van der Waals surface area contributed by atoms with Crippen LogP contribution in [-0.2, 0) is 0 Å². The first-order valence-corrected chi connectivity index (χ1v) is 15.8. The standard InChI is InChI=1S/C40H23N3OS/c1-3-12-24(13-4-1)35-39-36(42-40(41-35)25-14-5-2-6-15-25)29-18-11-20-32(38(29)45-39)43-30-19-9-7-17-28(30)34-31(43)23-22-27-26-16-8-10-21-33(26)44-37(27)34/h1-23H. The minimum absolute atomic E-state index is 0.733. The Morgan fingerprint density at radius 2 is 1.22 bits per heavy atom. The summed E-state index contributed by atoms with van der Waals surface area (Å²) in [6.07, 6.45) is 0. The Kier molecular flexibility index (Phi) is 5.12. The maximum atomic E-state index is 6.55. The summed E-state index contributed by atoms with van der Waals surface area (Å²) < 4.78 is 11.2. The molecule has 0 radical (unpaired) electrons. The summed E-state index contributed by atoms with van der Waals surface area (Å²) in [5, 5.41) is 5.70. The van der Waals surface area contributed by atoms with Gasteiger partial charge in [-0.25, -0.2) is 9.97 Å². The number of rotatable bonds is 3. The number of furan rings is 1. The van der Waals surface area contributed by atoms with E-state index in [0.29, 0.717) is 0 Å². The van der Waals surface area contributed by atoms with Crippen LogP contribution in [0.1, 0.15) is 0 Å². The highest BCUT2D eigenvalue weighted by atomic mass is 32.1. The summed E-state index contributed by atoms with van der Waals surface area (Å²) in [6, 6.07) is 48.6. The highest BCUT2D eigenvalue weighted by molar-refractivity contribution is 7.26. The molecule has 210 valence electrons. The molecule has 6 aromatic carbocycles. The van der Waals surface area contributed by atoms with Crippen molar-refractivity contribution < 1.29 is 4.42 Å². The number of fused-ring (bicyclic) bond motifs is 10. The predicted octanol–water partition coefficient (Wildman–Crippen LogP) is 11.2. The van der Waals surface area contributed by atoms with Crippen LogP contribution in [0.5, 0.6) is 0 Å². The van der Waals surface area contributed by atoms with Crippen molar-refractivity contribution in [3.8, 4) is 28.3 Å². The van der Waals surface area contributed by atoms with Gasteiger partial charge < -0.3 is 8.98 Å². The Hall–Kier alpha value is -5.78. The molecule has 0 spiro atoms. The van der Waals surface area contributed by atoms with Crippen molar-refractivity contribution >= 4 is 75.4 Å². The van der Waals surface area contributed by atoms with Crippen molar-refractivity contribution in [2.45, 2.75) is 0 Å². The van der Waals surface area contributed by atoms with Crippen LogP contribution in [0.3, 0.4) is 0 Å². The minimum Gasteiger partial charge on any atom is -0.455 e. The van der Waals surface area contributed by atoms with Gasteiger partial charge >= 0.3 is 0 Å². The van der Waals surface area contributed by atoms with Gasteiger partial charge in [-0.15, -0.1) is 11.3 Å². The van der Waals surface area contributed by atoms with Gasteiger partial charge in [-0.3, -0.25) is 0 Å². The quantitative estimate of drug-likeness (QED) is 0.205. The molecule has 45 heavy (non-hydrogen) atoms. The van der Waals surface area contributed by atoms with Crippen LogP contribution in [0.15, 0.2) is 144 Å². The second kappa shape index (κ2) is 9.36. The van der Waals surface area contributed by atoms with Gasteiger partial charge in [-0.1, -0.05) is 109 Å². The topological polar surface area (TPSA) is 43.9 Å². The van der Waals surface area contributed by atoms with Gasteiger partial charge in [0.25, 0.3) is 0 Å². The highest BCUT2D eigenvalue weighted by Crippen LogP contribution is 2.45. The molecule has 4 heterocycles. The van der Waals surface area contributed by atoms with Crippen LogP contribution >= 0.6 is 11.3 Å². The third kappa shape index (κ3) is 3.53. The van der Waals surface area contributed by atoms with Crippen molar-refractivity contribution in [1.82, 2.24) is 14.5 Å². The molecule has 0 atom stereocenters. The van der Waals surface area contributed by atoms with E-state index in [4.69, 9.17) is 14.4 Å². The molecule has 0 aliphatic carbocycles. The van der Waals surface area contributed by atoms with Crippen molar-refractivity contribution in [3.63, 3.8) is 0 Å². The lowest BCUT2D eigenvalue weighted by atomic mass is 10.1. The third-order valence-corrected chi connectivity index (χ3v) is 10.0. The van der Waals surface area contributed by atoms with E-state index >= 15 is 0 Å². The van der Waals surface area contributed by atoms with Crippen LogP contribution in [0.2, 0.25) is 0 Å². The van der Waals surface area contributed by atoms with Crippen molar-refractivity contribution in [2.75, 3.05) is 0 Å². The van der Waals surface area contributed by atoms with Crippen LogP contribution in [0.25, 0.3) is 92.4 Å². The summed E-state index contributed by atoms with van der Waals surface area (Å²) in [5.41, 5.74) is 9.24. The fourth-order valence-corrected chi connectivity index (χ4v) is 8.08. The molecular formula is C40H23N3OS. The van der Waals surface area contributed by atoms with E-state index in [1.165, 1.54) is 10.1 Å². The molecular weight excluding hydrogens is 571 g/mol. The molecule has 10 aromatic rings. The Bertz CT molecular complexity index is 2760. The Balaban J connectivity index is 1.32. The number of hydrogen-bond donors (Lipinski definition) is 0. The lowest BCUT2D eigenvalue weighted by Gasteiger charge is -2.09. The molecule has 5 heteroatoms. The maximum Gasteiger partial charge on any atom is 0.160 e. The molecule has 4 aromatic heterocycles. The largest absolute Gasteiger partial charge is 0.455 e. The number of hydrogen-bond acceptors (Lipinski definition) is 4. The summed E-state index contributed by atoms with van der Waals surface area (Å²) in [6.45, 7) is 0. The maximum absolute atomic E-state index is 6.55. The third-order valence-electron chi connectivity index (χ3n) is 8.82. The fraction of sp³-hybridized carbons (Fsp3) is 0. The molecule has 0 saturated carbocycles. The van der Waals surface area contributed by atoms with E-state index in [1.807, 2.05) is 36.4 Å². The monoisotopic (exact) mass is 593 g/mol. The Morgan fingerprint density at radius 3 is 2.07 bits per heavy atom. The normalized spacial score (nSPS) is 12.0. The lowest BCUT2D eigenvalue weighted by molar-refractivity contribution is 0.673. The van der Waals surface area contributed by atoms with Crippen LogP contribution < -0.4 is 0 Å². The van der Waals surface area contributed by atoms with E-state index in [0.717, 1.165) is 82.3 Å². The molecule has 0 bridgehead atoms. The smallest absolute Gasteiger partial charge is 0.160 e. The van der Waals surface area contributed by atoms with E-state index in [-0.39, 0.29) is 0 Å². The molecule has 0 saturated heterocycles. The number of aromatic nitrogens is 3. The molecule has 0 unspecified atom stereocenters. The predicted molar refractivity (Wildman–Crippen MR) is 187 cm³/mol. The van der Waals surface area contributed by atoms with Crippen LogP contribution in [-0.4, -0.2) is 14.5 Å². The second-order valence-electron chi connectivity index (χ2n) is 11.3. The van der Waals surface area contributed by atoms with Gasteiger partial charge in [0.05, 0.1) is 42.7 Å². The summed E-state index contributed by atoms with van der Waals surface area (Å²) in [5.74, 6) is 0.733. The summed E-state index contributed by atoms with van der Waals surface area (Å²) >= 11 is 1.77. The van der Waals surface area contributed by atoms with Gasteiger partial charge in [0.2, 0.25) is 0 Å². The second-order valence-corrected chi connectivity index (χ2v) is 12.4. The molecule has 4 nitrogen and oxygen atoms in total. The zero-order valence-electron chi connectivity index (χ0n) is 23.9. The van der Waals surface area contributed by atoms with Gasteiger partial charge in [0, 0.05) is 32.7 Å². The minimum atomic E-state index is 0.733. The average Bonchev–Trinajstić information content (AvgIpc) is 3.78. The van der Waals surface area contributed by atoms with Gasteiger partial charge in [0.1, 0.15) is 11.2 Å². The van der Waals surface area contributed by atoms with Crippen LogP contribution in [0, 0.1) is 0 Å². The number of thiophene rings is 1. The zero-order chi connectivity index (χ0) is 29.5. The molecule has 10 rings (SSSR count). The molecule has 0 aliphatic rings. The van der Waals surface area contributed by atoms with Crippen molar-refractivity contribution in [2.24, 2.45) is 0 Å². The van der Waals surface area contributed by atoms with E-state index < -0.39 is 0 Å². The van der Waals surface area contributed by atoms with Gasteiger partial charge in [-0.05, 0) is 30.3 Å². The van der Waals surface area contributed by atoms with E-state index in [1.54, 1.807) is 11.3 Å². The first-order valence-electron chi connectivity index (χ1n) is 15.0. The average molecular weight is 594 g/mol. The highest BCUT2D eigenvalue weighted by Gasteiger charge is 2.22. The fourth-order valence-electron chi connectivity index (χ4n) is 6.83. The molecule has 0 aliphatic heterocycles. The number of para-hydroxylation sites is 2.